The van der Waals surface area contributed by atoms with Gasteiger partial charge in [0.05, 0.1) is 5.33 Å². The summed E-state index contributed by atoms with van der Waals surface area (Å²) in [6.07, 6.45) is 0.841. The van der Waals surface area contributed by atoms with Gasteiger partial charge in [-0.2, -0.15) is 0 Å². The summed E-state index contributed by atoms with van der Waals surface area (Å²) in [6, 6.07) is 17.9. The van der Waals surface area contributed by atoms with Crippen molar-refractivity contribution >= 4 is 91.8 Å². The average molecular weight is 760 g/mol. The number of rotatable bonds is 14. The van der Waals surface area contributed by atoms with Gasteiger partial charge in [0.1, 0.15) is 29.4 Å². The Morgan fingerprint density at radius 1 is 1.11 bits per heavy atom. The SMILES string of the molecule is C=CC1=C(C(=O)OC(c2ccccc2)c2ccccc2)N2C(=O)C(NC/C(=N\OCC(=O)OCC(Cl)(Cl)Cl)C(=O)CBr)[C@H]2SC1. The van der Waals surface area contributed by atoms with E-state index in [9.17, 15) is 19.2 Å². The first-order valence-corrected chi connectivity index (χ1v) is 16.7. The van der Waals surface area contributed by atoms with Crippen LogP contribution in [0.4, 0.5) is 0 Å². The lowest BCUT2D eigenvalue weighted by molar-refractivity contribution is -0.153. The summed E-state index contributed by atoms with van der Waals surface area (Å²) in [7, 11) is 0. The van der Waals surface area contributed by atoms with Crippen molar-refractivity contribution in [2.45, 2.75) is 21.3 Å². The van der Waals surface area contributed by atoms with Gasteiger partial charge in [0.2, 0.25) is 16.3 Å². The van der Waals surface area contributed by atoms with E-state index >= 15 is 0 Å². The first kappa shape index (κ1) is 35.0. The number of amides is 1. The van der Waals surface area contributed by atoms with Crippen LogP contribution in [0.15, 0.2) is 89.7 Å². The van der Waals surface area contributed by atoms with Crippen LogP contribution in [-0.2, 0) is 33.5 Å². The number of benzene rings is 2. The van der Waals surface area contributed by atoms with Crippen LogP contribution >= 0.6 is 62.5 Å². The largest absolute Gasteiger partial charge is 0.459 e. The molecule has 2 aliphatic rings. The molecule has 45 heavy (non-hydrogen) atoms. The van der Waals surface area contributed by atoms with Gasteiger partial charge in [-0.15, -0.1) is 11.8 Å². The number of allylic oxidation sites excluding steroid dienone is 1. The molecule has 1 unspecified atom stereocenters. The molecule has 15 heteroatoms. The lowest BCUT2D eigenvalue weighted by Gasteiger charge is -2.49. The van der Waals surface area contributed by atoms with Crippen molar-refractivity contribution in [1.29, 1.82) is 0 Å². The number of nitrogens with one attached hydrogen (secondary N) is 1. The monoisotopic (exact) mass is 757 g/mol. The van der Waals surface area contributed by atoms with Crippen molar-refractivity contribution in [2.24, 2.45) is 5.16 Å². The smallest absolute Gasteiger partial charge is 0.356 e. The van der Waals surface area contributed by atoms with E-state index in [0.29, 0.717) is 11.3 Å². The lowest BCUT2D eigenvalue weighted by atomic mass is 10.0. The number of hydrogen-bond donors (Lipinski definition) is 1. The van der Waals surface area contributed by atoms with E-state index in [1.807, 2.05) is 60.7 Å². The average Bonchev–Trinajstić information content (AvgIpc) is 3.04. The van der Waals surface area contributed by atoms with Crippen molar-refractivity contribution in [3.63, 3.8) is 0 Å². The van der Waals surface area contributed by atoms with E-state index < -0.39 is 58.2 Å². The Labute approximate surface area is 287 Å². The number of alkyl halides is 4. The molecule has 1 N–H and O–H groups in total. The van der Waals surface area contributed by atoms with E-state index in [0.717, 1.165) is 11.1 Å². The number of carbonyl (C=O) groups excluding carboxylic acids is 4. The molecule has 2 aliphatic heterocycles. The molecule has 4 rings (SSSR count). The van der Waals surface area contributed by atoms with Crippen LogP contribution < -0.4 is 5.32 Å². The number of thioether (sulfide) groups is 1. The molecule has 0 radical (unpaired) electrons. The minimum atomic E-state index is -1.79. The third kappa shape index (κ3) is 9.11. The Morgan fingerprint density at radius 3 is 2.29 bits per heavy atom. The number of Topliss-reactive ketones (excluding diaryl/α,β-unsaturated/α-hetero) is 1. The number of oxime groups is 1. The number of hydrogen-bond acceptors (Lipinski definition) is 10. The summed E-state index contributed by atoms with van der Waals surface area (Å²) in [5, 5.41) is 6.22. The molecule has 0 saturated carbocycles. The molecule has 1 fully saturated rings. The molecular formula is C30H27BrCl3N3O7S. The fourth-order valence-corrected chi connectivity index (χ4v) is 6.28. The molecular weight excluding hydrogens is 733 g/mol. The zero-order valence-corrected chi connectivity index (χ0v) is 28.2. The van der Waals surface area contributed by atoms with Crippen LogP contribution in [0.3, 0.4) is 0 Å². The van der Waals surface area contributed by atoms with E-state index in [1.165, 1.54) is 16.7 Å². The lowest BCUT2D eigenvalue weighted by Crippen LogP contribution is -2.70. The number of nitrogens with zero attached hydrogens (tertiary/aromatic N) is 2. The molecule has 0 spiro atoms. The molecule has 2 aromatic carbocycles. The Bertz CT molecular complexity index is 1450. The van der Waals surface area contributed by atoms with E-state index in [2.05, 4.69) is 33.0 Å². The number of ether oxygens (including phenoxy) is 2. The number of ketones is 1. The highest BCUT2D eigenvalue weighted by molar-refractivity contribution is 9.09. The van der Waals surface area contributed by atoms with E-state index in [-0.39, 0.29) is 23.3 Å². The van der Waals surface area contributed by atoms with Crippen molar-refractivity contribution in [3.05, 3.63) is 95.7 Å². The van der Waals surface area contributed by atoms with Crippen LogP contribution in [0, 0.1) is 0 Å². The van der Waals surface area contributed by atoms with Crippen molar-refractivity contribution in [3.8, 4) is 0 Å². The number of halogens is 4. The standard InChI is InChI=1S/C30H27BrCl3N3O7S/c1-2-18-16-45-28-24(35-14-21(22(38)13-31)36-43-15-23(39)42-17-30(32,33)34)27(40)37(28)25(18)29(41)44-26(19-9-5-3-6-10-19)20-11-7-4-8-12-20/h2-12,24,26,28,35H,1,13-17H2/b36-21+/t24?,28-/m1/s1. The second-order valence-corrected chi connectivity index (χ2v) is 13.8. The number of esters is 2. The van der Waals surface area contributed by atoms with Gasteiger partial charge in [-0.1, -0.05) is 129 Å². The van der Waals surface area contributed by atoms with Crippen LogP contribution in [0.5, 0.6) is 0 Å². The maximum absolute atomic E-state index is 13.7. The molecule has 1 saturated heterocycles. The van der Waals surface area contributed by atoms with Gasteiger partial charge >= 0.3 is 11.9 Å². The minimum absolute atomic E-state index is 0.0800. The quantitative estimate of drug-likeness (QED) is 0.0944. The Balaban J connectivity index is 1.44. The summed E-state index contributed by atoms with van der Waals surface area (Å²) in [5.41, 5.74) is 2.16. The van der Waals surface area contributed by atoms with Crippen LogP contribution in [0.1, 0.15) is 17.2 Å². The first-order valence-electron chi connectivity index (χ1n) is 13.4. The first-order chi connectivity index (χ1) is 21.5. The fraction of sp³-hybridized carbons (Fsp3) is 0.300. The summed E-state index contributed by atoms with van der Waals surface area (Å²) in [5.74, 6) is -1.95. The molecule has 2 heterocycles. The maximum atomic E-state index is 13.7. The van der Waals surface area contributed by atoms with Gasteiger partial charge in [-0.05, 0) is 16.7 Å². The zero-order valence-electron chi connectivity index (χ0n) is 23.5. The highest BCUT2D eigenvalue weighted by Crippen LogP contribution is 2.41. The number of carbonyl (C=O) groups is 4. The normalized spacial score (nSPS) is 18.2. The fourth-order valence-electron chi connectivity index (χ4n) is 4.42. The summed E-state index contributed by atoms with van der Waals surface area (Å²) >= 11 is 21.2. The molecule has 2 aromatic rings. The predicted octanol–water partition coefficient (Wildman–Crippen LogP) is 4.88. The van der Waals surface area contributed by atoms with Gasteiger partial charge in [0.25, 0.3) is 0 Å². The minimum Gasteiger partial charge on any atom is -0.459 e. The zero-order chi connectivity index (χ0) is 32.6. The van der Waals surface area contributed by atoms with Gasteiger partial charge in [0.15, 0.2) is 11.9 Å². The van der Waals surface area contributed by atoms with E-state index in [4.69, 9.17) is 49.1 Å². The topological polar surface area (TPSA) is 124 Å². The van der Waals surface area contributed by atoms with Gasteiger partial charge in [-0.25, -0.2) is 9.59 Å². The Kier molecular flexibility index (Phi) is 12.5. The van der Waals surface area contributed by atoms with Crippen molar-refractivity contribution in [1.82, 2.24) is 10.2 Å². The summed E-state index contributed by atoms with van der Waals surface area (Å²) in [6.45, 7) is 2.55. The molecule has 10 nitrogen and oxygen atoms in total. The highest BCUT2D eigenvalue weighted by atomic mass is 79.9. The second-order valence-electron chi connectivity index (χ2n) is 9.60. The second kappa shape index (κ2) is 16.1. The molecule has 0 bridgehead atoms. The molecule has 2 atom stereocenters. The summed E-state index contributed by atoms with van der Waals surface area (Å²) in [4.78, 5) is 57.8. The highest BCUT2D eigenvalue weighted by Gasteiger charge is 2.53. The predicted molar refractivity (Wildman–Crippen MR) is 176 cm³/mol. The third-order valence-electron chi connectivity index (χ3n) is 6.55. The van der Waals surface area contributed by atoms with Crippen LogP contribution in [0.25, 0.3) is 0 Å². The number of β-lactam (4-membered cyclic amide) rings is 1. The van der Waals surface area contributed by atoms with Crippen LogP contribution in [0.2, 0.25) is 0 Å². The maximum Gasteiger partial charge on any atom is 0.356 e. The van der Waals surface area contributed by atoms with Crippen molar-refractivity contribution < 1.29 is 33.5 Å². The summed E-state index contributed by atoms with van der Waals surface area (Å²) < 4.78 is 9.03. The number of fused-ring (bicyclic) bond motifs is 1. The van der Waals surface area contributed by atoms with E-state index in [1.54, 1.807) is 6.08 Å². The van der Waals surface area contributed by atoms with Gasteiger partial charge in [-0.3, -0.25) is 19.8 Å². The Hall–Kier alpha value is -2.87. The third-order valence-corrected chi connectivity index (χ3v) is 8.69. The molecule has 1 amide bonds. The van der Waals surface area contributed by atoms with Crippen molar-refractivity contribution in [2.75, 3.05) is 30.8 Å². The van der Waals surface area contributed by atoms with Gasteiger partial charge in [0, 0.05) is 12.3 Å². The Morgan fingerprint density at radius 2 is 1.73 bits per heavy atom. The molecule has 0 aromatic heterocycles. The molecule has 0 aliphatic carbocycles. The van der Waals surface area contributed by atoms with Gasteiger partial charge < -0.3 is 14.3 Å². The van der Waals surface area contributed by atoms with Crippen LogP contribution in [-0.4, -0.2) is 80.3 Å². The molecule has 238 valence electrons.